The zero-order valence-corrected chi connectivity index (χ0v) is 12.3. The number of ether oxygens (including phenoxy) is 1. The van der Waals surface area contributed by atoms with Crippen LogP contribution in [0, 0.1) is 0 Å². The van der Waals surface area contributed by atoms with Gasteiger partial charge in [-0.25, -0.2) is 0 Å². The molecular weight excluding hydrogens is 256 g/mol. The van der Waals surface area contributed by atoms with Gasteiger partial charge in [0.05, 0.1) is 6.10 Å². The van der Waals surface area contributed by atoms with Crippen molar-refractivity contribution in [1.82, 2.24) is 4.90 Å². The van der Waals surface area contributed by atoms with Gasteiger partial charge in [-0.1, -0.05) is 30.4 Å². The molecule has 1 saturated heterocycles. The molecule has 104 valence electrons. The third kappa shape index (κ3) is 4.27. The third-order valence-corrected chi connectivity index (χ3v) is 3.72. The van der Waals surface area contributed by atoms with Gasteiger partial charge in [0.1, 0.15) is 4.99 Å². The molecule has 1 aromatic carbocycles. The van der Waals surface area contributed by atoms with E-state index in [4.69, 9.17) is 22.7 Å². The van der Waals surface area contributed by atoms with Gasteiger partial charge in [-0.3, -0.25) is 4.90 Å². The number of piperidine rings is 1. The number of thiocarbonyl (C=S) groups is 1. The molecule has 1 aliphatic heterocycles. The molecule has 19 heavy (non-hydrogen) atoms. The lowest BCUT2D eigenvalue weighted by Crippen LogP contribution is -2.39. The first-order valence-corrected chi connectivity index (χ1v) is 7.32. The van der Waals surface area contributed by atoms with Crippen LogP contribution in [0.15, 0.2) is 24.3 Å². The average molecular weight is 278 g/mol. The zero-order chi connectivity index (χ0) is 13.7. The van der Waals surface area contributed by atoms with E-state index in [0.717, 1.165) is 31.8 Å². The number of hydrogen-bond acceptors (Lipinski definition) is 3. The SMILES string of the molecule is CCOC1CCCN(Cc2cccc(C(N)=S)c2)C1. The van der Waals surface area contributed by atoms with Gasteiger partial charge < -0.3 is 10.5 Å². The summed E-state index contributed by atoms with van der Waals surface area (Å²) in [6, 6.07) is 8.21. The molecule has 1 fully saturated rings. The molecule has 1 aliphatic rings. The molecule has 0 radical (unpaired) electrons. The highest BCUT2D eigenvalue weighted by molar-refractivity contribution is 7.80. The van der Waals surface area contributed by atoms with Gasteiger partial charge in [0.15, 0.2) is 0 Å². The van der Waals surface area contributed by atoms with Crippen molar-refractivity contribution in [3.05, 3.63) is 35.4 Å². The lowest BCUT2D eigenvalue weighted by atomic mass is 10.1. The van der Waals surface area contributed by atoms with Crippen LogP contribution in [-0.2, 0) is 11.3 Å². The highest BCUT2D eigenvalue weighted by Gasteiger charge is 2.19. The van der Waals surface area contributed by atoms with E-state index in [1.54, 1.807) is 0 Å². The average Bonchev–Trinajstić information content (AvgIpc) is 2.40. The lowest BCUT2D eigenvalue weighted by Gasteiger charge is -2.32. The van der Waals surface area contributed by atoms with Gasteiger partial charge in [0.2, 0.25) is 0 Å². The van der Waals surface area contributed by atoms with E-state index in [1.807, 2.05) is 12.1 Å². The largest absolute Gasteiger partial charge is 0.389 e. The minimum absolute atomic E-state index is 0.387. The number of nitrogens with zero attached hydrogens (tertiary/aromatic N) is 1. The van der Waals surface area contributed by atoms with E-state index in [1.165, 1.54) is 18.4 Å². The van der Waals surface area contributed by atoms with E-state index in [0.29, 0.717) is 11.1 Å². The molecular formula is C15H22N2OS. The minimum atomic E-state index is 0.387. The molecule has 1 unspecified atom stereocenters. The van der Waals surface area contributed by atoms with E-state index < -0.39 is 0 Å². The molecule has 2 N–H and O–H groups in total. The monoisotopic (exact) mass is 278 g/mol. The molecule has 0 saturated carbocycles. The maximum absolute atomic E-state index is 5.73. The fourth-order valence-corrected chi connectivity index (χ4v) is 2.74. The predicted octanol–water partition coefficient (Wildman–Crippen LogP) is 2.32. The Balaban J connectivity index is 1.96. The van der Waals surface area contributed by atoms with Crippen LogP contribution in [0.1, 0.15) is 30.9 Å². The Labute approximate surface area is 120 Å². The summed E-state index contributed by atoms with van der Waals surface area (Å²) < 4.78 is 5.73. The summed E-state index contributed by atoms with van der Waals surface area (Å²) in [5.41, 5.74) is 7.89. The van der Waals surface area contributed by atoms with Crippen LogP contribution >= 0.6 is 12.2 Å². The van der Waals surface area contributed by atoms with Gasteiger partial charge >= 0.3 is 0 Å². The molecule has 2 rings (SSSR count). The van der Waals surface area contributed by atoms with E-state index >= 15 is 0 Å². The van der Waals surface area contributed by atoms with Gasteiger partial charge in [0.25, 0.3) is 0 Å². The van der Waals surface area contributed by atoms with Crippen molar-refractivity contribution < 1.29 is 4.74 Å². The van der Waals surface area contributed by atoms with Crippen LogP contribution in [0.25, 0.3) is 0 Å². The van der Waals surface area contributed by atoms with Crippen molar-refractivity contribution in [2.24, 2.45) is 5.73 Å². The fraction of sp³-hybridized carbons (Fsp3) is 0.533. The van der Waals surface area contributed by atoms with Crippen LogP contribution in [0.2, 0.25) is 0 Å². The highest BCUT2D eigenvalue weighted by atomic mass is 32.1. The summed E-state index contributed by atoms with van der Waals surface area (Å²) in [6.45, 7) is 5.96. The number of nitrogens with two attached hydrogens (primary N) is 1. The van der Waals surface area contributed by atoms with Crippen molar-refractivity contribution >= 4 is 17.2 Å². The van der Waals surface area contributed by atoms with Gasteiger partial charge in [0, 0.05) is 25.3 Å². The van der Waals surface area contributed by atoms with Crippen molar-refractivity contribution in [2.45, 2.75) is 32.4 Å². The molecule has 1 aromatic rings. The topological polar surface area (TPSA) is 38.5 Å². The standard InChI is InChI=1S/C15H22N2OS/c1-2-18-14-7-4-8-17(11-14)10-12-5-3-6-13(9-12)15(16)19/h3,5-6,9,14H,2,4,7-8,10-11H2,1H3,(H2,16,19). The van der Waals surface area contributed by atoms with Gasteiger partial charge in [-0.2, -0.15) is 0 Å². The number of benzene rings is 1. The Bertz CT molecular complexity index is 434. The van der Waals surface area contributed by atoms with E-state index in [-0.39, 0.29) is 0 Å². The maximum Gasteiger partial charge on any atom is 0.103 e. The Morgan fingerprint density at radius 3 is 3.11 bits per heavy atom. The molecule has 0 aliphatic carbocycles. The van der Waals surface area contributed by atoms with Crippen LogP contribution < -0.4 is 5.73 Å². The predicted molar refractivity (Wildman–Crippen MR) is 82.3 cm³/mol. The van der Waals surface area contributed by atoms with Crippen LogP contribution in [0.4, 0.5) is 0 Å². The quantitative estimate of drug-likeness (QED) is 0.839. The van der Waals surface area contributed by atoms with E-state index in [2.05, 4.69) is 24.0 Å². The Morgan fingerprint density at radius 1 is 1.53 bits per heavy atom. The number of hydrogen-bond donors (Lipinski definition) is 1. The minimum Gasteiger partial charge on any atom is -0.389 e. The fourth-order valence-electron chi connectivity index (χ4n) is 2.61. The molecule has 4 heteroatoms. The normalized spacial score (nSPS) is 20.4. The Hall–Kier alpha value is -0.970. The summed E-state index contributed by atoms with van der Waals surface area (Å²) in [7, 11) is 0. The van der Waals surface area contributed by atoms with Crippen molar-refractivity contribution in [1.29, 1.82) is 0 Å². The molecule has 0 spiro atoms. The second-order valence-corrected chi connectivity index (χ2v) is 5.46. The molecule has 0 aromatic heterocycles. The number of rotatable bonds is 5. The van der Waals surface area contributed by atoms with Crippen molar-refractivity contribution in [2.75, 3.05) is 19.7 Å². The van der Waals surface area contributed by atoms with Gasteiger partial charge in [-0.15, -0.1) is 0 Å². The summed E-state index contributed by atoms with van der Waals surface area (Å²) in [4.78, 5) is 2.91. The molecule has 0 bridgehead atoms. The smallest absolute Gasteiger partial charge is 0.103 e. The first-order valence-electron chi connectivity index (χ1n) is 6.91. The molecule has 0 amide bonds. The van der Waals surface area contributed by atoms with Gasteiger partial charge in [-0.05, 0) is 37.9 Å². The van der Waals surface area contributed by atoms with Crippen LogP contribution in [-0.4, -0.2) is 35.7 Å². The Morgan fingerprint density at radius 2 is 2.37 bits per heavy atom. The summed E-state index contributed by atoms with van der Waals surface area (Å²) >= 11 is 5.02. The molecule has 3 nitrogen and oxygen atoms in total. The lowest BCUT2D eigenvalue weighted by molar-refractivity contribution is 0.00363. The number of likely N-dealkylation sites (tertiary alicyclic amines) is 1. The van der Waals surface area contributed by atoms with E-state index in [9.17, 15) is 0 Å². The molecule has 1 heterocycles. The van der Waals surface area contributed by atoms with Crippen molar-refractivity contribution in [3.63, 3.8) is 0 Å². The summed E-state index contributed by atoms with van der Waals surface area (Å²) in [6.07, 6.45) is 2.77. The second kappa shape index (κ2) is 6.98. The summed E-state index contributed by atoms with van der Waals surface area (Å²) in [5.74, 6) is 0. The van der Waals surface area contributed by atoms with Crippen molar-refractivity contribution in [3.8, 4) is 0 Å². The summed E-state index contributed by atoms with van der Waals surface area (Å²) in [5, 5.41) is 0. The zero-order valence-electron chi connectivity index (χ0n) is 11.5. The third-order valence-electron chi connectivity index (χ3n) is 3.48. The van der Waals surface area contributed by atoms with Crippen LogP contribution in [0.3, 0.4) is 0 Å². The molecule has 1 atom stereocenters. The highest BCUT2D eigenvalue weighted by Crippen LogP contribution is 2.16. The second-order valence-electron chi connectivity index (χ2n) is 5.02. The van der Waals surface area contributed by atoms with Crippen LogP contribution in [0.5, 0.6) is 0 Å². The Kier molecular flexibility index (Phi) is 5.31. The first kappa shape index (κ1) is 14.4. The maximum atomic E-state index is 5.73. The first-order chi connectivity index (χ1) is 9.19.